The van der Waals surface area contributed by atoms with Crippen LogP contribution in [-0.2, 0) is 9.53 Å². The number of aliphatic hydroxyl groups is 1. The summed E-state index contributed by atoms with van der Waals surface area (Å²) in [6.07, 6.45) is 0.621. The lowest BCUT2D eigenvalue weighted by Crippen LogP contribution is -2.51. The van der Waals surface area contributed by atoms with Gasteiger partial charge < -0.3 is 20.1 Å². The fraction of sp³-hybridized carbons (Fsp3) is 0.350. The number of pyridine rings is 1. The second-order valence-electron chi connectivity index (χ2n) is 6.75. The van der Waals surface area contributed by atoms with Gasteiger partial charge in [-0.15, -0.1) is 0 Å². The molecule has 0 radical (unpaired) electrons. The van der Waals surface area contributed by atoms with Crippen molar-refractivity contribution >= 4 is 17.6 Å². The number of rotatable bonds is 6. The third-order valence-electron chi connectivity index (χ3n) is 4.73. The average molecular weight is 400 g/mol. The van der Waals surface area contributed by atoms with Gasteiger partial charge in [-0.1, -0.05) is 12.1 Å². The van der Waals surface area contributed by atoms with Crippen molar-refractivity contribution in [3.8, 4) is 11.1 Å². The molecule has 2 atom stereocenters. The Labute approximate surface area is 168 Å². The van der Waals surface area contributed by atoms with Crippen LogP contribution in [0.1, 0.15) is 17.3 Å². The highest BCUT2D eigenvalue weighted by molar-refractivity contribution is 5.97. The van der Waals surface area contributed by atoms with Gasteiger partial charge in [0.25, 0.3) is 11.8 Å². The lowest BCUT2D eigenvalue weighted by Gasteiger charge is -2.27. The molecule has 0 bridgehead atoms. The number of ether oxygens (including phenoxy) is 1. The zero-order valence-corrected chi connectivity index (χ0v) is 16.0. The Hall–Kier alpha value is -3.01. The van der Waals surface area contributed by atoms with Crippen LogP contribution in [-0.4, -0.2) is 65.6 Å². The molecule has 2 aromatic rings. The normalized spacial score (nSPS) is 16.0. The molecule has 4 N–H and O–H groups in total. The highest BCUT2D eigenvalue weighted by Crippen LogP contribution is 2.22. The van der Waals surface area contributed by atoms with Crippen LogP contribution in [0.25, 0.3) is 11.1 Å². The minimum atomic E-state index is -1.26. The Bertz CT molecular complexity index is 833. The number of carbonyl (C=O) groups is 2. The number of nitrogens with one attached hydrogen (secondary N) is 2. The minimum absolute atomic E-state index is 0.322. The van der Waals surface area contributed by atoms with Crippen molar-refractivity contribution in [2.75, 3.05) is 31.2 Å². The van der Waals surface area contributed by atoms with E-state index in [-0.39, 0.29) is 0 Å². The van der Waals surface area contributed by atoms with E-state index in [9.17, 15) is 14.7 Å². The van der Waals surface area contributed by atoms with Gasteiger partial charge in [0.05, 0.1) is 19.3 Å². The predicted octanol–water partition coefficient (Wildman–Crippen LogP) is 0.570. The summed E-state index contributed by atoms with van der Waals surface area (Å²) in [6, 6.07) is 9.48. The number of amides is 2. The van der Waals surface area contributed by atoms with Gasteiger partial charge in [-0.3, -0.25) is 14.8 Å². The first kappa shape index (κ1) is 20.7. The van der Waals surface area contributed by atoms with Crippen molar-refractivity contribution in [2.24, 2.45) is 0 Å². The third-order valence-corrected chi connectivity index (χ3v) is 4.73. The first-order valence-corrected chi connectivity index (χ1v) is 9.31. The standard InChI is InChI=1S/C20H24N4O5/c1-13(25)18(20(27)23-28)22-19(26)15-4-2-14(3-5-15)16-6-7-17(21-12-16)24-8-10-29-11-9-24/h2-7,12-13,18,25,28H,8-11H2,1H3,(H,22,26)(H,23,27)/t13-,18+/m1/s1. The molecular formula is C20H24N4O5. The number of aliphatic hydroxyl groups excluding tert-OH is 1. The summed E-state index contributed by atoms with van der Waals surface area (Å²) in [4.78, 5) is 30.6. The second-order valence-corrected chi connectivity index (χ2v) is 6.75. The Kier molecular flexibility index (Phi) is 6.76. The zero-order chi connectivity index (χ0) is 20.8. The molecule has 0 aliphatic carbocycles. The van der Waals surface area contributed by atoms with Crippen LogP contribution < -0.4 is 15.7 Å². The average Bonchev–Trinajstić information content (AvgIpc) is 2.77. The summed E-state index contributed by atoms with van der Waals surface area (Å²) < 4.78 is 5.35. The highest BCUT2D eigenvalue weighted by atomic mass is 16.5. The maximum absolute atomic E-state index is 12.3. The summed E-state index contributed by atoms with van der Waals surface area (Å²) >= 11 is 0. The van der Waals surface area contributed by atoms with Gasteiger partial charge in [-0.05, 0) is 36.8 Å². The molecule has 9 nitrogen and oxygen atoms in total. The van der Waals surface area contributed by atoms with Crippen molar-refractivity contribution in [3.05, 3.63) is 48.2 Å². The van der Waals surface area contributed by atoms with Gasteiger partial charge in [-0.25, -0.2) is 10.5 Å². The molecule has 1 fully saturated rings. The molecule has 2 heterocycles. The molecule has 154 valence electrons. The molecular weight excluding hydrogens is 376 g/mol. The first-order valence-electron chi connectivity index (χ1n) is 9.31. The first-order chi connectivity index (χ1) is 14.0. The largest absolute Gasteiger partial charge is 0.391 e. The van der Waals surface area contributed by atoms with Crippen molar-refractivity contribution in [2.45, 2.75) is 19.1 Å². The van der Waals surface area contributed by atoms with Gasteiger partial charge in [-0.2, -0.15) is 0 Å². The number of benzene rings is 1. The summed E-state index contributed by atoms with van der Waals surface area (Å²) in [7, 11) is 0. The molecule has 3 rings (SSSR count). The fourth-order valence-electron chi connectivity index (χ4n) is 3.05. The highest BCUT2D eigenvalue weighted by Gasteiger charge is 2.25. The SMILES string of the molecule is C[C@@H](O)[C@H](NC(=O)c1ccc(-c2ccc(N3CCOCC3)nc2)cc1)C(=O)NO. The van der Waals surface area contributed by atoms with E-state index in [0.29, 0.717) is 18.8 Å². The summed E-state index contributed by atoms with van der Waals surface area (Å²) in [5, 5.41) is 20.7. The number of hydrogen-bond donors (Lipinski definition) is 4. The molecule has 0 spiro atoms. The van der Waals surface area contributed by atoms with Crippen LogP contribution in [0, 0.1) is 0 Å². The number of morpholine rings is 1. The number of hydrogen-bond acceptors (Lipinski definition) is 7. The van der Waals surface area contributed by atoms with E-state index in [1.807, 2.05) is 12.1 Å². The van der Waals surface area contributed by atoms with E-state index in [2.05, 4.69) is 15.2 Å². The van der Waals surface area contributed by atoms with Crippen molar-refractivity contribution in [1.29, 1.82) is 0 Å². The van der Waals surface area contributed by atoms with Gasteiger partial charge >= 0.3 is 0 Å². The maximum Gasteiger partial charge on any atom is 0.268 e. The minimum Gasteiger partial charge on any atom is -0.391 e. The summed E-state index contributed by atoms with van der Waals surface area (Å²) in [6.45, 7) is 4.37. The van der Waals surface area contributed by atoms with Crippen molar-refractivity contribution < 1.29 is 24.6 Å². The lowest BCUT2D eigenvalue weighted by atomic mass is 10.0. The number of carbonyl (C=O) groups excluding carboxylic acids is 2. The van der Waals surface area contributed by atoms with Crippen molar-refractivity contribution in [1.82, 2.24) is 15.8 Å². The molecule has 1 aromatic carbocycles. The van der Waals surface area contributed by atoms with Crippen LogP contribution in [0.3, 0.4) is 0 Å². The Balaban J connectivity index is 1.67. The summed E-state index contributed by atoms with van der Waals surface area (Å²) in [5.74, 6) is -0.525. The van der Waals surface area contributed by atoms with Crippen LogP contribution >= 0.6 is 0 Å². The molecule has 0 saturated carbocycles. The van der Waals surface area contributed by atoms with Gasteiger partial charge in [0.2, 0.25) is 0 Å². The Morgan fingerprint density at radius 1 is 1.10 bits per heavy atom. The monoisotopic (exact) mass is 400 g/mol. The van der Waals surface area contributed by atoms with Gasteiger partial charge in [0, 0.05) is 30.4 Å². The lowest BCUT2D eigenvalue weighted by molar-refractivity contribution is -0.133. The molecule has 1 aliphatic heterocycles. The molecule has 1 aromatic heterocycles. The van der Waals surface area contributed by atoms with E-state index in [1.165, 1.54) is 12.4 Å². The number of hydroxylamine groups is 1. The topological polar surface area (TPSA) is 124 Å². The second kappa shape index (κ2) is 9.46. The zero-order valence-electron chi connectivity index (χ0n) is 16.0. The van der Waals surface area contributed by atoms with Gasteiger partial charge in [0.15, 0.2) is 0 Å². The Morgan fingerprint density at radius 2 is 1.76 bits per heavy atom. The van der Waals surface area contributed by atoms with Crippen LogP contribution in [0.4, 0.5) is 5.82 Å². The molecule has 1 saturated heterocycles. The summed E-state index contributed by atoms with van der Waals surface area (Å²) in [5.41, 5.74) is 3.56. The Morgan fingerprint density at radius 3 is 2.31 bits per heavy atom. The molecule has 9 heteroatoms. The maximum atomic E-state index is 12.3. The van der Waals surface area contributed by atoms with E-state index < -0.39 is 24.0 Å². The van der Waals surface area contributed by atoms with E-state index in [0.717, 1.165) is 30.0 Å². The number of anilines is 1. The quantitative estimate of drug-likeness (QED) is 0.413. The third kappa shape index (κ3) is 5.08. The fourth-order valence-corrected chi connectivity index (χ4v) is 3.05. The van der Waals surface area contributed by atoms with Crippen LogP contribution in [0.5, 0.6) is 0 Å². The molecule has 29 heavy (non-hydrogen) atoms. The molecule has 1 aliphatic rings. The van der Waals surface area contributed by atoms with Crippen LogP contribution in [0.2, 0.25) is 0 Å². The van der Waals surface area contributed by atoms with E-state index in [4.69, 9.17) is 9.94 Å². The smallest absolute Gasteiger partial charge is 0.268 e. The van der Waals surface area contributed by atoms with Crippen LogP contribution in [0.15, 0.2) is 42.6 Å². The predicted molar refractivity (Wildman–Crippen MR) is 106 cm³/mol. The van der Waals surface area contributed by atoms with Gasteiger partial charge in [0.1, 0.15) is 11.9 Å². The number of aromatic nitrogens is 1. The molecule has 2 amide bonds. The number of nitrogens with zero attached hydrogens (tertiary/aromatic N) is 2. The van der Waals surface area contributed by atoms with E-state index >= 15 is 0 Å². The molecule has 0 unspecified atom stereocenters. The van der Waals surface area contributed by atoms with Crippen molar-refractivity contribution in [3.63, 3.8) is 0 Å². The van der Waals surface area contributed by atoms with E-state index in [1.54, 1.807) is 30.5 Å².